The van der Waals surface area contributed by atoms with Crippen molar-refractivity contribution >= 4 is 59.5 Å². The minimum absolute atomic E-state index is 0.0268. The fourth-order valence-corrected chi connectivity index (χ4v) is 7.27. The number of hydrogen-bond donors (Lipinski definition) is 14. The first-order valence-corrected chi connectivity index (χ1v) is 25.4. The van der Waals surface area contributed by atoms with Gasteiger partial charge in [0.05, 0.1) is 44.9 Å². The lowest BCUT2D eigenvalue weighted by molar-refractivity contribution is -0.139. The van der Waals surface area contributed by atoms with Gasteiger partial charge in [0.25, 0.3) is 0 Å². The number of carboxylic acids is 7. The van der Waals surface area contributed by atoms with E-state index in [1.54, 1.807) is 19.6 Å². The van der Waals surface area contributed by atoms with Gasteiger partial charge in [0, 0.05) is 170 Å². The molecule has 0 fully saturated rings. The molecular formula is C46H84N10O20. The van der Waals surface area contributed by atoms with Crippen LogP contribution >= 0.6 is 0 Å². The molecule has 0 aliphatic heterocycles. The summed E-state index contributed by atoms with van der Waals surface area (Å²) in [6.07, 6.45) is -4.34. The lowest BCUT2D eigenvalue weighted by Gasteiger charge is -2.29. The molecule has 1 unspecified atom stereocenters. The lowest BCUT2D eigenvalue weighted by atomic mass is 10.2. The van der Waals surface area contributed by atoms with E-state index in [1.807, 2.05) is 9.80 Å². The molecule has 3 amide bonds. The number of carbonyl (C=O) groups excluding carboxylic acids is 3. The zero-order valence-corrected chi connectivity index (χ0v) is 43.4. The van der Waals surface area contributed by atoms with E-state index in [0.717, 1.165) is 0 Å². The number of amides is 3. The minimum atomic E-state index is -1.60. The highest BCUT2D eigenvalue weighted by molar-refractivity contribution is 5.77. The lowest BCUT2D eigenvalue weighted by Crippen LogP contribution is -2.43. The van der Waals surface area contributed by atoms with Gasteiger partial charge in [-0.1, -0.05) is 0 Å². The minimum Gasteiger partial charge on any atom is -0.481 e. The van der Waals surface area contributed by atoms with Crippen molar-refractivity contribution < 1.29 is 99.0 Å². The third kappa shape index (κ3) is 44.6. The van der Waals surface area contributed by atoms with Gasteiger partial charge in [-0.2, -0.15) is 0 Å². The Morgan fingerprint density at radius 2 is 0.500 bits per heavy atom. The second-order valence-corrected chi connectivity index (χ2v) is 17.9. The summed E-state index contributed by atoms with van der Waals surface area (Å²) >= 11 is 0. The summed E-state index contributed by atoms with van der Waals surface area (Å²) in [6.45, 7) is 3.06. The van der Waals surface area contributed by atoms with E-state index < -0.39 is 66.1 Å². The van der Waals surface area contributed by atoms with Gasteiger partial charge in [-0.25, -0.2) is 0 Å². The summed E-state index contributed by atoms with van der Waals surface area (Å²) in [4.78, 5) is 128. The Labute approximate surface area is 441 Å². The SMILES string of the molecule is O=C(O)CCN(CCNC(=O)CCN(CCC(=O)NCCN(CCC(=O)O)CCC(=O)O)CCN(CCC(=O)NCCN(CCC(=O)O)CCC(=O)O)CCC(O)NCCN(CCC(=O)O)CCC(O)O)CCC(=O)O. The van der Waals surface area contributed by atoms with Crippen LogP contribution in [0.4, 0.5) is 0 Å². The summed E-state index contributed by atoms with van der Waals surface area (Å²) in [5, 5.41) is 105. The number of nitrogens with zero attached hydrogens (tertiary/aromatic N) is 6. The summed E-state index contributed by atoms with van der Waals surface area (Å²) in [7, 11) is 0. The molecule has 0 spiro atoms. The van der Waals surface area contributed by atoms with Crippen LogP contribution in [0.2, 0.25) is 0 Å². The Balaban J connectivity index is 6.17. The van der Waals surface area contributed by atoms with Crippen LogP contribution in [0.1, 0.15) is 77.0 Å². The van der Waals surface area contributed by atoms with Crippen molar-refractivity contribution in [2.75, 3.05) is 144 Å². The molecule has 0 aromatic rings. The Morgan fingerprint density at radius 3 is 0.776 bits per heavy atom. The number of rotatable bonds is 52. The fourth-order valence-electron chi connectivity index (χ4n) is 7.27. The van der Waals surface area contributed by atoms with Gasteiger partial charge < -0.3 is 96.4 Å². The molecule has 30 nitrogen and oxygen atoms in total. The van der Waals surface area contributed by atoms with E-state index in [9.17, 15) is 63.3 Å². The molecule has 1 atom stereocenters. The summed E-state index contributed by atoms with van der Waals surface area (Å²) < 4.78 is 0. The maximum absolute atomic E-state index is 13.1. The summed E-state index contributed by atoms with van der Waals surface area (Å²) in [6, 6.07) is 0. The molecule has 0 aliphatic carbocycles. The molecule has 0 bridgehead atoms. The van der Waals surface area contributed by atoms with Crippen LogP contribution in [0.5, 0.6) is 0 Å². The standard InChI is InChI=1S/C46H84N10O20/c57-35(47-13-29-51(21-5-39(61)62)22-6-40(63)64)1-17-55(18-2-36(58)48-14-30-52(23-7-41(65)66)24-8-42(67)68)33-34-56(19-3-37(59)49-15-31-53(25-9-43(69)70)26-10-44(71)72)20-4-38(60)50-16-32-54(27-11-45(73)74)28-12-46(75)76/h35,39,47,57,61-62H,1-34H2,(H,48,58)(H,49,59)(H,50,60)(H,63,64)(H,65,66)(H,67,68)(H,69,70)(H,71,72)(H,73,74)(H,75,76). The van der Waals surface area contributed by atoms with E-state index in [1.165, 1.54) is 0 Å². The molecule has 0 rings (SSSR count). The number of aliphatic carboxylic acids is 7. The summed E-state index contributed by atoms with van der Waals surface area (Å²) in [5.41, 5.74) is 0. The number of carboxylic acid groups (broad SMARTS) is 7. The van der Waals surface area contributed by atoms with Crippen molar-refractivity contribution in [3.63, 3.8) is 0 Å². The second kappa shape index (κ2) is 43.4. The van der Waals surface area contributed by atoms with Crippen molar-refractivity contribution in [3.05, 3.63) is 0 Å². The van der Waals surface area contributed by atoms with E-state index >= 15 is 0 Å². The van der Waals surface area contributed by atoms with E-state index in [2.05, 4.69) is 21.3 Å². The van der Waals surface area contributed by atoms with Gasteiger partial charge in [-0.3, -0.25) is 53.3 Å². The predicted octanol–water partition coefficient (Wildman–Crippen LogP) is -4.36. The van der Waals surface area contributed by atoms with Crippen LogP contribution in [0.25, 0.3) is 0 Å². The highest BCUT2D eigenvalue weighted by Crippen LogP contribution is 2.05. The molecule has 0 aromatic carbocycles. The molecule has 438 valence electrons. The van der Waals surface area contributed by atoms with Crippen LogP contribution in [-0.4, -0.2) is 296 Å². The van der Waals surface area contributed by atoms with Crippen LogP contribution in [0.15, 0.2) is 0 Å². The zero-order valence-electron chi connectivity index (χ0n) is 43.4. The average Bonchev–Trinajstić information content (AvgIpc) is 3.33. The zero-order chi connectivity index (χ0) is 57.3. The second-order valence-electron chi connectivity index (χ2n) is 17.9. The molecule has 0 saturated carbocycles. The van der Waals surface area contributed by atoms with Gasteiger partial charge in [-0.15, -0.1) is 0 Å². The van der Waals surface area contributed by atoms with E-state index in [4.69, 9.17) is 35.7 Å². The van der Waals surface area contributed by atoms with Crippen molar-refractivity contribution in [2.45, 2.75) is 89.6 Å². The van der Waals surface area contributed by atoms with Gasteiger partial charge >= 0.3 is 41.8 Å². The first-order chi connectivity index (χ1) is 35.9. The Kier molecular flexibility index (Phi) is 40.2. The monoisotopic (exact) mass is 1100 g/mol. The normalized spacial score (nSPS) is 12.0. The van der Waals surface area contributed by atoms with Gasteiger partial charge in [-0.05, 0) is 6.42 Å². The molecule has 0 heterocycles. The topological polar surface area (TPSA) is 441 Å². The molecule has 0 aromatic heterocycles. The first-order valence-electron chi connectivity index (χ1n) is 25.4. The first kappa shape index (κ1) is 70.3. The van der Waals surface area contributed by atoms with Gasteiger partial charge in [0.2, 0.25) is 17.7 Å². The quantitative estimate of drug-likeness (QED) is 0.0256. The number of hydrogen-bond acceptors (Lipinski definition) is 20. The average molecular weight is 1100 g/mol. The van der Waals surface area contributed by atoms with Crippen LogP contribution in [0, 0.1) is 0 Å². The molecule has 0 aliphatic rings. The third-order valence-corrected chi connectivity index (χ3v) is 11.7. The Bertz CT molecular complexity index is 1630. The molecule has 0 saturated heterocycles. The maximum atomic E-state index is 13.1. The number of aliphatic hydroxyl groups is 3. The summed E-state index contributed by atoms with van der Waals surface area (Å²) in [5.74, 6) is -8.63. The van der Waals surface area contributed by atoms with Crippen molar-refractivity contribution in [2.24, 2.45) is 0 Å². The number of carbonyl (C=O) groups is 10. The van der Waals surface area contributed by atoms with Crippen LogP contribution in [-0.2, 0) is 47.9 Å². The highest BCUT2D eigenvalue weighted by atomic mass is 16.5. The molecule has 0 radical (unpaired) electrons. The van der Waals surface area contributed by atoms with Crippen molar-refractivity contribution in [1.29, 1.82) is 0 Å². The molecule has 76 heavy (non-hydrogen) atoms. The van der Waals surface area contributed by atoms with Crippen LogP contribution < -0.4 is 21.3 Å². The van der Waals surface area contributed by atoms with E-state index in [0.29, 0.717) is 0 Å². The molecular weight excluding hydrogens is 1010 g/mol. The predicted molar refractivity (Wildman–Crippen MR) is 269 cm³/mol. The van der Waals surface area contributed by atoms with Gasteiger partial charge in [0.1, 0.15) is 6.23 Å². The Hall–Kier alpha value is -5.70. The third-order valence-electron chi connectivity index (χ3n) is 11.7. The molecule has 30 heteroatoms. The smallest absolute Gasteiger partial charge is 0.304 e. The fraction of sp³-hybridized carbons (Fsp3) is 0.783. The van der Waals surface area contributed by atoms with Crippen molar-refractivity contribution in [1.82, 2.24) is 50.7 Å². The van der Waals surface area contributed by atoms with E-state index in [-0.39, 0.29) is 227 Å². The largest absolute Gasteiger partial charge is 0.481 e. The number of nitrogens with one attached hydrogen (secondary N) is 4. The number of aliphatic hydroxyl groups excluding tert-OH is 2. The molecule has 14 N–H and O–H groups in total. The van der Waals surface area contributed by atoms with Gasteiger partial charge in [0.15, 0.2) is 6.29 Å². The maximum Gasteiger partial charge on any atom is 0.304 e. The van der Waals surface area contributed by atoms with Crippen LogP contribution in [0.3, 0.4) is 0 Å². The Morgan fingerprint density at radius 1 is 0.276 bits per heavy atom. The van der Waals surface area contributed by atoms with Crippen molar-refractivity contribution in [3.8, 4) is 0 Å². The highest BCUT2D eigenvalue weighted by Gasteiger charge is 2.19.